The van der Waals surface area contributed by atoms with Gasteiger partial charge in [-0.15, -0.1) is 0 Å². The van der Waals surface area contributed by atoms with Crippen LogP contribution in [0.4, 0.5) is 0 Å². The lowest BCUT2D eigenvalue weighted by molar-refractivity contribution is -0.168. The summed E-state index contributed by atoms with van der Waals surface area (Å²) < 4.78 is 4.78. The van der Waals surface area contributed by atoms with Gasteiger partial charge in [-0.2, -0.15) is 0 Å². The standard InChI is InChI=1S/C12H18O3/c1-15-11(14)9-8-10(13)12(9)6-4-2-3-5-7-12/h9H,2-8H2,1H3. The Morgan fingerprint density at radius 2 is 1.87 bits per heavy atom. The first-order valence-corrected chi connectivity index (χ1v) is 5.82. The molecule has 0 bridgehead atoms. The first-order chi connectivity index (χ1) is 7.20. The Morgan fingerprint density at radius 1 is 1.27 bits per heavy atom. The van der Waals surface area contributed by atoms with E-state index in [0.717, 1.165) is 25.7 Å². The predicted molar refractivity (Wildman–Crippen MR) is 55.3 cm³/mol. The van der Waals surface area contributed by atoms with Gasteiger partial charge in [0.15, 0.2) is 0 Å². The zero-order valence-electron chi connectivity index (χ0n) is 9.25. The van der Waals surface area contributed by atoms with Gasteiger partial charge in [-0.25, -0.2) is 0 Å². The maximum atomic E-state index is 11.8. The fourth-order valence-corrected chi connectivity index (χ4v) is 3.09. The second-order valence-corrected chi connectivity index (χ2v) is 4.77. The minimum Gasteiger partial charge on any atom is -0.469 e. The summed E-state index contributed by atoms with van der Waals surface area (Å²) in [6, 6.07) is 0. The van der Waals surface area contributed by atoms with Crippen molar-refractivity contribution in [3.63, 3.8) is 0 Å². The van der Waals surface area contributed by atoms with Crippen LogP contribution in [0.25, 0.3) is 0 Å². The minimum absolute atomic E-state index is 0.145. The van der Waals surface area contributed by atoms with Gasteiger partial charge in [-0.05, 0) is 12.8 Å². The molecule has 0 saturated heterocycles. The van der Waals surface area contributed by atoms with Crippen LogP contribution in [-0.4, -0.2) is 18.9 Å². The van der Waals surface area contributed by atoms with E-state index in [1.807, 2.05) is 0 Å². The van der Waals surface area contributed by atoms with Gasteiger partial charge in [0.2, 0.25) is 0 Å². The van der Waals surface area contributed by atoms with Gasteiger partial charge in [0, 0.05) is 11.8 Å². The van der Waals surface area contributed by atoms with Crippen molar-refractivity contribution in [1.82, 2.24) is 0 Å². The van der Waals surface area contributed by atoms with Crippen molar-refractivity contribution in [2.45, 2.75) is 44.9 Å². The molecular formula is C12H18O3. The van der Waals surface area contributed by atoms with E-state index >= 15 is 0 Å². The number of ketones is 1. The number of Topliss-reactive ketones (excluding diaryl/α,β-unsaturated/α-hetero) is 1. The average molecular weight is 210 g/mol. The van der Waals surface area contributed by atoms with Crippen molar-refractivity contribution in [2.75, 3.05) is 7.11 Å². The van der Waals surface area contributed by atoms with Gasteiger partial charge in [0.25, 0.3) is 0 Å². The molecule has 1 unspecified atom stereocenters. The van der Waals surface area contributed by atoms with Crippen molar-refractivity contribution in [1.29, 1.82) is 0 Å². The molecule has 0 N–H and O–H groups in total. The highest BCUT2D eigenvalue weighted by atomic mass is 16.5. The Bertz CT molecular complexity index is 275. The van der Waals surface area contributed by atoms with Crippen LogP contribution in [0.15, 0.2) is 0 Å². The first kappa shape index (κ1) is 10.7. The fourth-order valence-electron chi connectivity index (χ4n) is 3.09. The van der Waals surface area contributed by atoms with Gasteiger partial charge in [0.1, 0.15) is 5.78 Å². The molecule has 2 saturated carbocycles. The Balaban J connectivity index is 2.15. The highest BCUT2D eigenvalue weighted by molar-refractivity contribution is 5.99. The van der Waals surface area contributed by atoms with Gasteiger partial charge >= 0.3 is 5.97 Å². The molecule has 0 radical (unpaired) electrons. The van der Waals surface area contributed by atoms with E-state index in [2.05, 4.69) is 0 Å². The molecule has 0 aromatic heterocycles. The molecule has 15 heavy (non-hydrogen) atoms. The Hall–Kier alpha value is -0.860. The van der Waals surface area contributed by atoms with E-state index in [1.54, 1.807) is 0 Å². The number of esters is 1. The normalized spacial score (nSPS) is 29.4. The van der Waals surface area contributed by atoms with Crippen molar-refractivity contribution in [3.05, 3.63) is 0 Å². The van der Waals surface area contributed by atoms with Crippen LogP contribution in [0.5, 0.6) is 0 Å². The monoisotopic (exact) mass is 210 g/mol. The third-order valence-corrected chi connectivity index (χ3v) is 4.09. The minimum atomic E-state index is -0.330. The van der Waals surface area contributed by atoms with Crippen LogP contribution in [0, 0.1) is 11.3 Å². The topological polar surface area (TPSA) is 43.4 Å². The van der Waals surface area contributed by atoms with Crippen molar-refractivity contribution in [3.8, 4) is 0 Å². The van der Waals surface area contributed by atoms with Gasteiger partial charge < -0.3 is 4.74 Å². The molecule has 0 amide bonds. The summed E-state index contributed by atoms with van der Waals surface area (Å²) >= 11 is 0. The molecule has 2 aliphatic rings. The smallest absolute Gasteiger partial charge is 0.310 e. The van der Waals surface area contributed by atoms with Crippen LogP contribution < -0.4 is 0 Å². The molecule has 2 fully saturated rings. The maximum absolute atomic E-state index is 11.8. The third kappa shape index (κ3) is 1.58. The van der Waals surface area contributed by atoms with E-state index in [4.69, 9.17) is 4.74 Å². The molecule has 0 aromatic rings. The maximum Gasteiger partial charge on any atom is 0.310 e. The molecule has 1 spiro atoms. The Morgan fingerprint density at radius 3 is 2.33 bits per heavy atom. The summed E-state index contributed by atoms with van der Waals surface area (Å²) in [5.74, 6) is -0.0376. The molecule has 0 aliphatic heterocycles. The van der Waals surface area contributed by atoms with Gasteiger partial charge in [-0.1, -0.05) is 25.7 Å². The second-order valence-electron chi connectivity index (χ2n) is 4.77. The molecule has 2 aliphatic carbocycles. The third-order valence-electron chi connectivity index (χ3n) is 4.09. The van der Waals surface area contributed by atoms with Crippen LogP contribution >= 0.6 is 0 Å². The highest BCUT2D eigenvalue weighted by Gasteiger charge is 2.57. The largest absolute Gasteiger partial charge is 0.469 e. The van der Waals surface area contributed by atoms with Gasteiger partial charge in [0.05, 0.1) is 13.0 Å². The van der Waals surface area contributed by atoms with Crippen LogP contribution in [0.1, 0.15) is 44.9 Å². The molecule has 2 rings (SSSR count). The SMILES string of the molecule is COC(=O)C1CC(=O)C12CCCCCC2. The molecule has 0 aromatic carbocycles. The summed E-state index contributed by atoms with van der Waals surface area (Å²) in [4.78, 5) is 23.3. The number of ether oxygens (including phenoxy) is 1. The summed E-state index contributed by atoms with van der Waals surface area (Å²) in [5, 5.41) is 0. The van der Waals surface area contributed by atoms with Crippen LogP contribution in [0.2, 0.25) is 0 Å². The van der Waals surface area contributed by atoms with E-state index in [9.17, 15) is 9.59 Å². The Labute approximate surface area is 90.2 Å². The summed E-state index contributed by atoms with van der Waals surface area (Å²) in [7, 11) is 1.41. The van der Waals surface area contributed by atoms with Crippen LogP contribution in [0.3, 0.4) is 0 Å². The predicted octanol–water partition coefficient (Wildman–Crippen LogP) is 2.09. The molecule has 0 heterocycles. The van der Waals surface area contributed by atoms with E-state index in [-0.39, 0.29) is 17.3 Å². The zero-order valence-corrected chi connectivity index (χ0v) is 9.25. The molecule has 1 atom stereocenters. The lowest BCUT2D eigenvalue weighted by Crippen LogP contribution is -2.53. The number of methoxy groups -OCH3 is 1. The highest BCUT2D eigenvalue weighted by Crippen LogP contribution is 2.52. The summed E-state index contributed by atoms with van der Waals surface area (Å²) in [5.41, 5.74) is -0.330. The van der Waals surface area contributed by atoms with Crippen molar-refractivity contribution < 1.29 is 14.3 Å². The number of rotatable bonds is 1. The van der Waals surface area contributed by atoms with Crippen molar-refractivity contribution >= 4 is 11.8 Å². The molecule has 84 valence electrons. The van der Waals surface area contributed by atoms with E-state index in [1.165, 1.54) is 20.0 Å². The van der Waals surface area contributed by atoms with E-state index < -0.39 is 0 Å². The average Bonchev–Trinajstić information content (AvgIpc) is 2.52. The summed E-state index contributed by atoms with van der Waals surface area (Å²) in [6.45, 7) is 0. The molecule has 3 nitrogen and oxygen atoms in total. The first-order valence-electron chi connectivity index (χ1n) is 5.82. The zero-order chi connectivity index (χ0) is 10.9. The molecular weight excluding hydrogens is 192 g/mol. The van der Waals surface area contributed by atoms with Gasteiger partial charge in [-0.3, -0.25) is 9.59 Å². The van der Waals surface area contributed by atoms with Crippen molar-refractivity contribution in [2.24, 2.45) is 11.3 Å². The number of hydrogen-bond acceptors (Lipinski definition) is 3. The quantitative estimate of drug-likeness (QED) is 0.622. The fraction of sp³-hybridized carbons (Fsp3) is 0.833. The Kier molecular flexibility index (Phi) is 2.81. The molecule has 3 heteroatoms. The second kappa shape index (κ2) is 3.95. The lowest BCUT2D eigenvalue weighted by atomic mass is 9.55. The number of carbonyl (C=O) groups excluding carboxylic acids is 2. The van der Waals surface area contributed by atoms with Crippen LogP contribution in [-0.2, 0) is 14.3 Å². The number of carbonyl (C=O) groups is 2. The number of hydrogen-bond donors (Lipinski definition) is 0. The lowest BCUT2D eigenvalue weighted by Gasteiger charge is -2.45. The summed E-state index contributed by atoms with van der Waals surface area (Å²) in [6.07, 6.45) is 6.76. The van der Waals surface area contributed by atoms with E-state index in [0.29, 0.717) is 12.2 Å².